The molecule has 2 aromatic heterocycles. The van der Waals surface area contributed by atoms with Crippen molar-refractivity contribution < 1.29 is 9.26 Å². The maximum Gasteiger partial charge on any atom is 0.260 e. The molecule has 0 saturated heterocycles. The molecule has 0 unspecified atom stereocenters. The molecule has 106 valence electrons. The summed E-state index contributed by atoms with van der Waals surface area (Å²) in [5.41, 5.74) is 7.76. The topological polar surface area (TPSA) is 87.1 Å². The fourth-order valence-electron chi connectivity index (χ4n) is 1.81. The number of halogens is 1. The first-order chi connectivity index (χ1) is 10.2. The molecular formula is C14H11BrN4O2. The summed E-state index contributed by atoms with van der Waals surface area (Å²) in [6.07, 6.45) is 1.67. The van der Waals surface area contributed by atoms with Crippen molar-refractivity contribution in [3.8, 4) is 28.7 Å². The highest BCUT2D eigenvalue weighted by Crippen LogP contribution is 2.29. The largest absolute Gasteiger partial charge is 0.497 e. The van der Waals surface area contributed by atoms with E-state index >= 15 is 0 Å². The zero-order chi connectivity index (χ0) is 14.8. The van der Waals surface area contributed by atoms with Crippen molar-refractivity contribution in [3.63, 3.8) is 0 Å². The Morgan fingerprint density at radius 2 is 2.10 bits per heavy atom. The first kappa shape index (κ1) is 13.6. The van der Waals surface area contributed by atoms with Crippen LogP contribution in [-0.2, 0) is 0 Å². The summed E-state index contributed by atoms with van der Waals surface area (Å²) >= 11 is 3.33. The first-order valence-electron chi connectivity index (χ1n) is 6.07. The van der Waals surface area contributed by atoms with E-state index in [1.165, 1.54) is 0 Å². The monoisotopic (exact) mass is 346 g/mol. The van der Waals surface area contributed by atoms with Gasteiger partial charge < -0.3 is 15.0 Å². The van der Waals surface area contributed by atoms with E-state index in [0.717, 1.165) is 4.47 Å². The number of methoxy groups -OCH3 is 1. The lowest BCUT2D eigenvalue weighted by Gasteiger charge is -2.03. The fourth-order valence-corrected chi connectivity index (χ4v) is 2.04. The summed E-state index contributed by atoms with van der Waals surface area (Å²) < 4.78 is 11.3. The average Bonchev–Trinajstić information content (AvgIpc) is 2.97. The van der Waals surface area contributed by atoms with Crippen LogP contribution in [0.2, 0.25) is 0 Å². The number of nitrogen functional groups attached to an aromatic ring is 1. The van der Waals surface area contributed by atoms with E-state index in [0.29, 0.717) is 34.4 Å². The molecule has 0 atom stereocenters. The molecule has 0 fully saturated rings. The quantitative estimate of drug-likeness (QED) is 0.733. The van der Waals surface area contributed by atoms with Gasteiger partial charge in [-0.25, -0.2) is 0 Å². The van der Waals surface area contributed by atoms with Gasteiger partial charge >= 0.3 is 0 Å². The molecule has 3 aromatic rings. The highest BCUT2D eigenvalue weighted by Gasteiger charge is 2.14. The Morgan fingerprint density at radius 1 is 1.24 bits per heavy atom. The van der Waals surface area contributed by atoms with Crippen LogP contribution in [0.3, 0.4) is 0 Å². The highest BCUT2D eigenvalue weighted by molar-refractivity contribution is 9.10. The third-order valence-electron chi connectivity index (χ3n) is 2.87. The number of ether oxygens (including phenoxy) is 1. The van der Waals surface area contributed by atoms with E-state index in [4.69, 9.17) is 15.0 Å². The van der Waals surface area contributed by atoms with E-state index < -0.39 is 0 Å². The van der Waals surface area contributed by atoms with E-state index in [9.17, 15) is 0 Å². The SMILES string of the molecule is COc1ccc(-c2nc(-c3ccc(Br)cn3)no2)c(N)c1. The molecule has 0 aliphatic carbocycles. The third-order valence-corrected chi connectivity index (χ3v) is 3.34. The van der Waals surface area contributed by atoms with Gasteiger partial charge in [-0.05, 0) is 40.2 Å². The van der Waals surface area contributed by atoms with Crippen molar-refractivity contribution in [2.75, 3.05) is 12.8 Å². The predicted molar refractivity (Wildman–Crippen MR) is 81.6 cm³/mol. The molecule has 1 aromatic carbocycles. The number of nitrogens with zero attached hydrogens (tertiary/aromatic N) is 3. The van der Waals surface area contributed by atoms with E-state index in [1.54, 1.807) is 37.6 Å². The van der Waals surface area contributed by atoms with Crippen LogP contribution in [0.1, 0.15) is 0 Å². The van der Waals surface area contributed by atoms with Crippen molar-refractivity contribution in [2.45, 2.75) is 0 Å². The Labute approximate surface area is 129 Å². The molecular weight excluding hydrogens is 336 g/mol. The number of pyridine rings is 1. The van der Waals surface area contributed by atoms with Gasteiger partial charge in [0.15, 0.2) is 0 Å². The van der Waals surface area contributed by atoms with Crippen LogP contribution in [0.4, 0.5) is 5.69 Å². The number of rotatable bonds is 3. The number of anilines is 1. The van der Waals surface area contributed by atoms with Gasteiger partial charge in [0.2, 0.25) is 5.82 Å². The first-order valence-corrected chi connectivity index (χ1v) is 6.86. The number of benzene rings is 1. The molecule has 0 spiro atoms. The second-order valence-corrected chi connectivity index (χ2v) is 5.15. The molecule has 0 amide bonds. The van der Waals surface area contributed by atoms with Gasteiger partial charge in [0.05, 0.1) is 12.7 Å². The lowest BCUT2D eigenvalue weighted by Crippen LogP contribution is -1.92. The standard InChI is InChI=1S/C14H11BrN4O2/c1-20-9-3-4-10(11(16)6-9)14-18-13(19-21-14)12-5-2-8(15)7-17-12/h2-7H,16H2,1H3. The van der Waals surface area contributed by atoms with Crippen LogP contribution in [0.5, 0.6) is 5.75 Å². The van der Waals surface area contributed by atoms with Gasteiger partial charge in [0, 0.05) is 22.4 Å². The Morgan fingerprint density at radius 3 is 2.76 bits per heavy atom. The van der Waals surface area contributed by atoms with E-state index in [-0.39, 0.29) is 0 Å². The normalized spacial score (nSPS) is 10.6. The predicted octanol–water partition coefficient (Wildman–Crippen LogP) is 3.15. The Balaban J connectivity index is 1.96. The molecule has 0 radical (unpaired) electrons. The minimum absolute atomic E-state index is 0.342. The third kappa shape index (κ3) is 2.73. The summed E-state index contributed by atoms with van der Waals surface area (Å²) in [5.74, 6) is 1.42. The lowest BCUT2D eigenvalue weighted by molar-refractivity contribution is 0.414. The van der Waals surface area contributed by atoms with Gasteiger partial charge in [0.1, 0.15) is 11.4 Å². The molecule has 6 nitrogen and oxygen atoms in total. The molecule has 2 N–H and O–H groups in total. The van der Waals surface area contributed by atoms with Crippen LogP contribution in [0.25, 0.3) is 23.0 Å². The zero-order valence-electron chi connectivity index (χ0n) is 11.1. The molecule has 0 aliphatic heterocycles. The second kappa shape index (κ2) is 5.53. The summed E-state index contributed by atoms with van der Waals surface area (Å²) in [5, 5.41) is 3.93. The van der Waals surface area contributed by atoms with Crippen LogP contribution >= 0.6 is 15.9 Å². The van der Waals surface area contributed by atoms with Crippen molar-refractivity contribution in [1.82, 2.24) is 15.1 Å². The Bertz CT molecular complexity index is 771. The van der Waals surface area contributed by atoms with E-state index in [2.05, 4.69) is 31.1 Å². The minimum atomic E-state index is 0.342. The molecule has 0 saturated carbocycles. The van der Waals surface area contributed by atoms with Gasteiger partial charge in [-0.3, -0.25) is 4.98 Å². The number of hydrogen-bond donors (Lipinski definition) is 1. The molecule has 2 heterocycles. The lowest BCUT2D eigenvalue weighted by atomic mass is 10.1. The summed E-state index contributed by atoms with van der Waals surface area (Å²) in [4.78, 5) is 8.54. The fraction of sp³-hybridized carbons (Fsp3) is 0.0714. The van der Waals surface area contributed by atoms with Crippen molar-refractivity contribution >= 4 is 21.6 Å². The summed E-state index contributed by atoms with van der Waals surface area (Å²) in [6, 6.07) is 8.93. The van der Waals surface area contributed by atoms with Crippen molar-refractivity contribution in [1.29, 1.82) is 0 Å². The van der Waals surface area contributed by atoms with E-state index in [1.807, 2.05) is 6.07 Å². The zero-order valence-corrected chi connectivity index (χ0v) is 12.7. The smallest absolute Gasteiger partial charge is 0.260 e. The molecule has 21 heavy (non-hydrogen) atoms. The van der Waals surface area contributed by atoms with Gasteiger partial charge in [-0.15, -0.1) is 0 Å². The van der Waals surface area contributed by atoms with Crippen LogP contribution in [0, 0.1) is 0 Å². The van der Waals surface area contributed by atoms with Crippen LogP contribution in [0.15, 0.2) is 45.5 Å². The van der Waals surface area contributed by atoms with Crippen LogP contribution < -0.4 is 10.5 Å². The second-order valence-electron chi connectivity index (χ2n) is 4.24. The molecule has 0 aliphatic rings. The van der Waals surface area contributed by atoms with Gasteiger partial charge in [-0.1, -0.05) is 5.16 Å². The Hall–Kier alpha value is -2.41. The Kier molecular flexibility index (Phi) is 3.57. The maximum atomic E-state index is 5.97. The highest BCUT2D eigenvalue weighted by atomic mass is 79.9. The summed E-state index contributed by atoms with van der Waals surface area (Å²) in [7, 11) is 1.58. The number of nitrogens with two attached hydrogens (primary N) is 1. The minimum Gasteiger partial charge on any atom is -0.497 e. The molecule has 0 bridgehead atoms. The number of aromatic nitrogens is 3. The van der Waals surface area contributed by atoms with Crippen molar-refractivity contribution in [2.24, 2.45) is 0 Å². The molecule has 7 heteroatoms. The molecule has 3 rings (SSSR count). The van der Waals surface area contributed by atoms with Gasteiger partial charge in [-0.2, -0.15) is 4.98 Å². The summed E-state index contributed by atoms with van der Waals surface area (Å²) in [6.45, 7) is 0. The average molecular weight is 347 g/mol. The van der Waals surface area contributed by atoms with Crippen molar-refractivity contribution in [3.05, 3.63) is 41.0 Å². The number of hydrogen-bond acceptors (Lipinski definition) is 6. The maximum absolute atomic E-state index is 5.97. The van der Waals surface area contributed by atoms with Crippen LogP contribution in [-0.4, -0.2) is 22.2 Å². The van der Waals surface area contributed by atoms with Gasteiger partial charge in [0.25, 0.3) is 5.89 Å².